The molecule has 0 amide bonds. The minimum absolute atomic E-state index is 0.173. The van der Waals surface area contributed by atoms with E-state index in [1.165, 1.54) is 5.57 Å². The Labute approximate surface area is 182 Å². The first-order valence-electron chi connectivity index (χ1n) is 10.6. The smallest absolute Gasteiger partial charge is 0.328 e. The van der Waals surface area contributed by atoms with Gasteiger partial charge in [-0.2, -0.15) is 0 Å². The molecule has 160 valence electrons. The molecule has 1 aromatic carbocycles. The maximum Gasteiger partial charge on any atom is 0.328 e. The van der Waals surface area contributed by atoms with Gasteiger partial charge in [0.15, 0.2) is 11.6 Å². The number of hydrogen-bond donors (Lipinski definition) is 2. The van der Waals surface area contributed by atoms with Crippen LogP contribution in [0.25, 0.3) is 0 Å². The summed E-state index contributed by atoms with van der Waals surface area (Å²) in [4.78, 5) is 34.0. The van der Waals surface area contributed by atoms with E-state index in [1.807, 2.05) is 19.1 Å². The van der Waals surface area contributed by atoms with Crippen LogP contribution >= 0.6 is 11.6 Å². The molecule has 2 N–H and O–H groups in total. The predicted molar refractivity (Wildman–Crippen MR) is 117 cm³/mol. The molecule has 2 aliphatic rings. The topological polar surface area (TPSA) is 93.4 Å². The van der Waals surface area contributed by atoms with Gasteiger partial charge in [-0.15, -0.1) is 0 Å². The molecule has 0 bridgehead atoms. The van der Waals surface area contributed by atoms with Crippen molar-refractivity contribution in [2.45, 2.75) is 70.4 Å². The third-order valence-electron chi connectivity index (χ3n) is 5.96. The number of ketones is 2. The Morgan fingerprint density at radius 3 is 2.80 bits per heavy atom. The molecule has 0 saturated carbocycles. The molecule has 1 aliphatic carbocycles. The van der Waals surface area contributed by atoms with Gasteiger partial charge in [0.25, 0.3) is 0 Å². The number of benzene rings is 1. The number of rotatable bonds is 10. The first-order valence-corrected chi connectivity index (χ1v) is 10.9. The van der Waals surface area contributed by atoms with Gasteiger partial charge in [-0.1, -0.05) is 35.4 Å². The van der Waals surface area contributed by atoms with Crippen LogP contribution in [-0.4, -0.2) is 28.7 Å². The second-order valence-corrected chi connectivity index (χ2v) is 8.50. The van der Waals surface area contributed by atoms with Crippen LogP contribution in [0.3, 0.4) is 0 Å². The van der Waals surface area contributed by atoms with E-state index in [-0.39, 0.29) is 17.6 Å². The van der Waals surface area contributed by atoms with E-state index in [1.54, 1.807) is 0 Å². The summed E-state index contributed by atoms with van der Waals surface area (Å²) in [5.41, 5.74) is 4.39. The number of hydrogen-bond acceptors (Lipinski definition) is 4. The van der Waals surface area contributed by atoms with E-state index in [9.17, 15) is 14.4 Å². The molecule has 3 rings (SSSR count). The van der Waals surface area contributed by atoms with Crippen molar-refractivity contribution in [1.29, 1.82) is 0 Å². The highest BCUT2D eigenvalue weighted by Crippen LogP contribution is 2.40. The third-order valence-corrected chi connectivity index (χ3v) is 6.42. The lowest BCUT2D eigenvalue weighted by atomic mass is 9.88. The number of aryl methyl sites for hydroxylation is 1. The molecule has 1 aromatic rings. The first kappa shape index (κ1) is 22.4. The van der Waals surface area contributed by atoms with Crippen molar-refractivity contribution in [3.63, 3.8) is 0 Å². The van der Waals surface area contributed by atoms with Crippen LogP contribution in [0.2, 0.25) is 5.02 Å². The van der Waals surface area contributed by atoms with Crippen LogP contribution in [0.4, 0.5) is 0 Å². The number of aliphatic carboxylic acids is 1. The lowest BCUT2D eigenvalue weighted by molar-refractivity contribution is -0.131. The SMILES string of the molecule is CC1=C(CC2NC2c2cccc(CCCCC(=O)C=CC(=O)O)c2Cl)CCCC1=O. The fourth-order valence-electron chi connectivity index (χ4n) is 4.11. The van der Waals surface area contributed by atoms with Crippen LogP contribution in [0.5, 0.6) is 0 Å². The Kier molecular flexibility index (Phi) is 7.62. The Bertz CT molecular complexity index is 902. The predicted octanol–water partition coefficient (Wildman–Crippen LogP) is 4.74. The van der Waals surface area contributed by atoms with E-state index in [4.69, 9.17) is 16.7 Å². The molecule has 6 heteroatoms. The van der Waals surface area contributed by atoms with Crippen LogP contribution in [0.15, 0.2) is 41.5 Å². The van der Waals surface area contributed by atoms with E-state index in [0.717, 1.165) is 66.0 Å². The highest BCUT2D eigenvalue weighted by Gasteiger charge is 2.39. The molecule has 2 atom stereocenters. The zero-order chi connectivity index (χ0) is 21.7. The van der Waals surface area contributed by atoms with Gasteiger partial charge in [-0.3, -0.25) is 9.59 Å². The summed E-state index contributed by atoms with van der Waals surface area (Å²) < 4.78 is 0. The maximum absolute atomic E-state index is 11.9. The summed E-state index contributed by atoms with van der Waals surface area (Å²) in [6.45, 7) is 1.95. The molecule has 0 aromatic heterocycles. The number of carboxylic acid groups (broad SMARTS) is 1. The van der Waals surface area contributed by atoms with Crippen LogP contribution < -0.4 is 5.32 Å². The number of halogens is 1. The molecule has 1 fully saturated rings. The first-order chi connectivity index (χ1) is 14.4. The highest BCUT2D eigenvalue weighted by atomic mass is 35.5. The van der Waals surface area contributed by atoms with Gasteiger partial charge in [0.2, 0.25) is 0 Å². The number of carbonyl (C=O) groups is 3. The lowest BCUT2D eigenvalue weighted by Gasteiger charge is -2.16. The molecular weight excluding hydrogens is 402 g/mol. The van der Waals surface area contributed by atoms with Gasteiger partial charge in [-0.05, 0) is 68.2 Å². The number of allylic oxidation sites excluding steroid dienone is 2. The summed E-state index contributed by atoms with van der Waals surface area (Å²) in [7, 11) is 0. The normalized spacial score (nSPS) is 21.3. The van der Waals surface area contributed by atoms with E-state index in [0.29, 0.717) is 25.3 Å². The summed E-state index contributed by atoms with van der Waals surface area (Å²) >= 11 is 6.68. The molecule has 1 saturated heterocycles. The van der Waals surface area contributed by atoms with Crippen LogP contribution in [-0.2, 0) is 20.8 Å². The Morgan fingerprint density at radius 2 is 2.03 bits per heavy atom. The summed E-state index contributed by atoms with van der Waals surface area (Å²) in [6.07, 6.45) is 8.14. The van der Waals surface area contributed by atoms with Gasteiger partial charge in [0.1, 0.15) is 0 Å². The van der Waals surface area contributed by atoms with Crippen molar-refractivity contribution in [1.82, 2.24) is 5.32 Å². The van der Waals surface area contributed by atoms with Gasteiger partial charge in [0.05, 0.1) is 0 Å². The molecular formula is C24H28ClNO4. The lowest BCUT2D eigenvalue weighted by Crippen LogP contribution is -2.11. The average molecular weight is 430 g/mol. The number of nitrogens with one attached hydrogen (secondary N) is 1. The van der Waals surface area contributed by atoms with Crippen molar-refractivity contribution >= 4 is 29.1 Å². The molecule has 0 radical (unpaired) electrons. The van der Waals surface area contributed by atoms with Crippen molar-refractivity contribution < 1.29 is 19.5 Å². The van der Waals surface area contributed by atoms with E-state index in [2.05, 4.69) is 11.4 Å². The second kappa shape index (κ2) is 10.2. The molecule has 2 unspecified atom stereocenters. The highest BCUT2D eigenvalue weighted by molar-refractivity contribution is 6.32. The summed E-state index contributed by atoms with van der Waals surface area (Å²) in [5, 5.41) is 12.8. The quantitative estimate of drug-likeness (QED) is 0.318. The number of carbonyl (C=O) groups excluding carboxylic acids is 2. The Morgan fingerprint density at radius 1 is 1.23 bits per heavy atom. The van der Waals surface area contributed by atoms with Crippen LogP contribution in [0.1, 0.15) is 69.0 Å². The molecule has 30 heavy (non-hydrogen) atoms. The third kappa shape index (κ3) is 5.89. The Hall–Kier alpha value is -2.24. The zero-order valence-electron chi connectivity index (χ0n) is 17.2. The molecule has 1 aliphatic heterocycles. The van der Waals surface area contributed by atoms with Crippen LogP contribution in [0, 0.1) is 0 Å². The summed E-state index contributed by atoms with van der Waals surface area (Å²) in [6, 6.07) is 6.63. The van der Waals surface area contributed by atoms with Gasteiger partial charge in [0, 0.05) is 36.0 Å². The Balaban J connectivity index is 1.52. The monoisotopic (exact) mass is 429 g/mol. The van der Waals surface area contributed by atoms with Crippen molar-refractivity contribution in [2.24, 2.45) is 0 Å². The largest absolute Gasteiger partial charge is 0.478 e. The molecule has 1 heterocycles. The summed E-state index contributed by atoms with van der Waals surface area (Å²) in [5.74, 6) is -1.00. The second-order valence-electron chi connectivity index (χ2n) is 8.13. The fourth-order valence-corrected chi connectivity index (χ4v) is 4.45. The maximum atomic E-state index is 11.9. The van der Waals surface area contributed by atoms with Crippen molar-refractivity contribution in [2.75, 3.05) is 0 Å². The zero-order valence-corrected chi connectivity index (χ0v) is 18.0. The van der Waals surface area contributed by atoms with Gasteiger partial charge < -0.3 is 10.4 Å². The molecule has 0 spiro atoms. The number of Topliss-reactive ketones (excluding diaryl/α,β-unsaturated/α-hetero) is 1. The number of carboxylic acids is 1. The number of unbranched alkanes of at least 4 members (excludes halogenated alkanes) is 1. The van der Waals surface area contributed by atoms with Gasteiger partial charge >= 0.3 is 5.97 Å². The standard InChI is InChI=1S/C24H28ClNO4/c1-15-17(8-5-11-21(15)28)14-20-24(26-20)19-10-4-7-16(23(19)25)6-2-3-9-18(27)12-13-22(29)30/h4,7,10,12-13,20,24,26H,2-3,5-6,8-9,11,14H2,1H3,(H,29,30). The average Bonchev–Trinajstić information content (AvgIpc) is 3.47. The fraction of sp³-hybridized carbons (Fsp3) is 0.458. The van der Waals surface area contributed by atoms with Gasteiger partial charge in [-0.25, -0.2) is 4.79 Å². The van der Waals surface area contributed by atoms with Crippen molar-refractivity contribution in [3.8, 4) is 0 Å². The van der Waals surface area contributed by atoms with Crippen molar-refractivity contribution in [3.05, 3.63) is 57.6 Å². The minimum atomic E-state index is -1.11. The molecule has 5 nitrogen and oxygen atoms in total. The minimum Gasteiger partial charge on any atom is -0.478 e. The van der Waals surface area contributed by atoms with E-state index < -0.39 is 5.97 Å². The van der Waals surface area contributed by atoms with E-state index >= 15 is 0 Å².